The topological polar surface area (TPSA) is 0 Å². The molecule has 0 amide bonds. The van der Waals surface area contributed by atoms with Crippen LogP contribution in [0.4, 0.5) is 0 Å². The first-order valence-electron chi connectivity index (χ1n) is 21.0. The van der Waals surface area contributed by atoms with Gasteiger partial charge in [0.05, 0.1) is 0 Å². The molecule has 0 N–H and O–H groups in total. The Labute approximate surface area is 372 Å². The van der Waals surface area contributed by atoms with E-state index < -0.39 is 0 Å². The van der Waals surface area contributed by atoms with E-state index in [1.807, 2.05) is 12.1 Å². The second-order valence-electron chi connectivity index (χ2n) is 19.6. The largest absolute Gasteiger partial charge is 0.0837 e. The Balaban J connectivity index is 1.05. The highest BCUT2D eigenvalue weighted by atomic mass is 35.5. The number of rotatable bonds is 2. The van der Waals surface area contributed by atoms with E-state index in [0.29, 0.717) is 0 Å². The Morgan fingerprint density at radius 1 is 0.350 bits per heavy atom. The summed E-state index contributed by atoms with van der Waals surface area (Å²) in [4.78, 5) is 0. The molecule has 12 rings (SSSR count). The molecule has 0 heterocycles. The van der Waals surface area contributed by atoms with Crippen molar-refractivity contribution in [2.24, 2.45) is 0 Å². The van der Waals surface area contributed by atoms with Crippen molar-refractivity contribution in [1.29, 1.82) is 0 Å². The van der Waals surface area contributed by atoms with Crippen molar-refractivity contribution in [2.45, 2.75) is 76.5 Å². The Morgan fingerprint density at radius 2 is 0.900 bits per heavy atom. The van der Waals surface area contributed by atoms with Crippen molar-refractivity contribution in [3.05, 3.63) is 185 Å². The Kier molecular flexibility index (Phi) is 7.36. The molecule has 0 radical (unpaired) electrons. The van der Waals surface area contributed by atoms with Crippen LogP contribution in [0.15, 0.2) is 115 Å². The quantitative estimate of drug-likeness (QED) is 0.162. The van der Waals surface area contributed by atoms with Gasteiger partial charge in [0, 0.05) is 63.6 Å². The summed E-state index contributed by atoms with van der Waals surface area (Å²) >= 11 is 28.4. The molecule has 4 aliphatic carbocycles. The van der Waals surface area contributed by atoms with E-state index in [2.05, 4.69) is 152 Å². The molecule has 8 aromatic rings. The zero-order valence-electron chi connectivity index (χ0n) is 34.7. The molecular formula is C56H42Cl4. The summed E-state index contributed by atoms with van der Waals surface area (Å²) in [6.45, 7) is 16.5. The number of halogens is 4. The molecule has 60 heavy (non-hydrogen) atoms. The third-order valence-electron chi connectivity index (χ3n) is 15.4. The molecule has 0 nitrogen and oxygen atoms in total. The molecule has 8 aromatic carbocycles. The zero-order chi connectivity index (χ0) is 41.6. The van der Waals surface area contributed by atoms with Gasteiger partial charge in [-0.15, -0.1) is 0 Å². The molecule has 0 spiro atoms. The van der Waals surface area contributed by atoms with E-state index in [4.69, 9.17) is 46.4 Å². The SMILES string of the molecule is CC1(C)c2cc3c(cc2-c2c(Cl)cccc21)C(C)(Cc1cc(Cl)c2c(c1)C(C)(C)c1cc4c(cc1-2)C(C)(C)c1ccc(Cl)c2cccc-4c12)c1ccc2c(Cl)cccc2c1-3. The highest BCUT2D eigenvalue weighted by Gasteiger charge is 2.46. The van der Waals surface area contributed by atoms with Gasteiger partial charge in [-0.3, -0.25) is 0 Å². The lowest BCUT2D eigenvalue weighted by Crippen LogP contribution is -2.25. The summed E-state index contributed by atoms with van der Waals surface area (Å²) in [5, 5.41) is 7.81. The minimum Gasteiger partial charge on any atom is -0.0837 e. The molecular weight excluding hydrogens is 814 g/mol. The number of hydrogen-bond donors (Lipinski definition) is 0. The average molecular weight is 857 g/mol. The van der Waals surface area contributed by atoms with Gasteiger partial charge in [0.1, 0.15) is 0 Å². The van der Waals surface area contributed by atoms with Gasteiger partial charge < -0.3 is 0 Å². The first-order chi connectivity index (χ1) is 28.5. The Morgan fingerprint density at radius 3 is 1.67 bits per heavy atom. The lowest BCUT2D eigenvalue weighted by atomic mass is 9.67. The maximum atomic E-state index is 7.61. The van der Waals surface area contributed by atoms with Crippen molar-refractivity contribution >= 4 is 67.9 Å². The third kappa shape index (κ3) is 4.51. The normalized spacial score (nSPS) is 18.8. The fourth-order valence-electron chi connectivity index (χ4n) is 12.3. The lowest BCUT2D eigenvalue weighted by Gasteiger charge is -2.36. The van der Waals surface area contributed by atoms with Crippen LogP contribution in [0.25, 0.3) is 66.1 Å². The monoisotopic (exact) mass is 854 g/mol. The second-order valence-corrected chi connectivity index (χ2v) is 21.2. The van der Waals surface area contributed by atoms with Gasteiger partial charge in [-0.25, -0.2) is 0 Å². The van der Waals surface area contributed by atoms with Crippen LogP contribution in [-0.2, 0) is 28.1 Å². The van der Waals surface area contributed by atoms with Crippen LogP contribution < -0.4 is 0 Å². The Bertz CT molecular complexity index is 3330. The van der Waals surface area contributed by atoms with E-state index in [0.717, 1.165) is 48.4 Å². The first-order valence-corrected chi connectivity index (χ1v) is 22.5. The van der Waals surface area contributed by atoms with Crippen LogP contribution in [0, 0.1) is 0 Å². The highest BCUT2D eigenvalue weighted by Crippen LogP contribution is 2.61. The highest BCUT2D eigenvalue weighted by molar-refractivity contribution is 6.37. The fraction of sp³-hybridized carbons (Fsp3) is 0.214. The predicted octanol–water partition coefficient (Wildman–Crippen LogP) is 17.1. The van der Waals surface area contributed by atoms with E-state index >= 15 is 0 Å². The van der Waals surface area contributed by atoms with Gasteiger partial charge in [-0.2, -0.15) is 0 Å². The van der Waals surface area contributed by atoms with Crippen molar-refractivity contribution in [2.75, 3.05) is 0 Å². The van der Waals surface area contributed by atoms with Crippen LogP contribution in [-0.4, -0.2) is 0 Å². The number of fused-ring (bicyclic) bond motifs is 13. The standard InChI is InChI=1S/C56H42Cl4/c1-53(2)37-14-10-16-47(59)51(37)35-26-43-36(25-42(35)53)50-30-12-9-15-45(57)29(30)17-18-39(50)56(43,7)27-28-21-44-52(48(60)22-28)34-24-40-33(23-41(34)55(44,5)6)31-11-8-13-32-46(58)20-19-38(49(31)32)54(40,3)4/h8-26H,27H2,1-7H3. The van der Waals surface area contributed by atoms with Crippen LogP contribution in [0.2, 0.25) is 20.1 Å². The van der Waals surface area contributed by atoms with E-state index in [9.17, 15) is 0 Å². The Hall–Kier alpha value is -4.56. The molecule has 4 aliphatic rings. The molecule has 0 fully saturated rings. The van der Waals surface area contributed by atoms with Crippen molar-refractivity contribution in [3.63, 3.8) is 0 Å². The van der Waals surface area contributed by atoms with Gasteiger partial charge in [0.25, 0.3) is 0 Å². The third-order valence-corrected chi connectivity index (χ3v) is 16.6. The maximum absolute atomic E-state index is 7.61. The summed E-state index contributed by atoms with van der Waals surface area (Å²) in [6.07, 6.45) is 0.775. The molecule has 0 bridgehead atoms. The molecule has 294 valence electrons. The minimum atomic E-state index is -0.369. The number of hydrogen-bond acceptors (Lipinski definition) is 0. The zero-order valence-corrected chi connectivity index (χ0v) is 37.7. The average Bonchev–Trinajstić information content (AvgIpc) is 3.69. The maximum Gasteiger partial charge on any atom is 0.0490 e. The van der Waals surface area contributed by atoms with Gasteiger partial charge in [-0.05, 0) is 149 Å². The summed E-state index contributed by atoms with van der Waals surface area (Å²) in [5.74, 6) is 0. The summed E-state index contributed by atoms with van der Waals surface area (Å²) < 4.78 is 0. The first kappa shape index (κ1) is 37.2. The fourth-order valence-corrected chi connectivity index (χ4v) is 13.3. The molecule has 1 atom stereocenters. The summed E-state index contributed by atoms with van der Waals surface area (Å²) in [6, 6.07) is 42.6. The van der Waals surface area contributed by atoms with Gasteiger partial charge in [0.15, 0.2) is 0 Å². The lowest BCUT2D eigenvalue weighted by molar-refractivity contribution is 0.580. The van der Waals surface area contributed by atoms with Gasteiger partial charge in [0.2, 0.25) is 0 Å². The van der Waals surface area contributed by atoms with Crippen LogP contribution >= 0.6 is 46.4 Å². The summed E-state index contributed by atoms with van der Waals surface area (Å²) in [7, 11) is 0. The summed E-state index contributed by atoms with van der Waals surface area (Å²) in [5.41, 5.74) is 20.5. The van der Waals surface area contributed by atoms with Crippen molar-refractivity contribution < 1.29 is 0 Å². The van der Waals surface area contributed by atoms with Crippen molar-refractivity contribution in [3.8, 4) is 44.5 Å². The molecule has 1 unspecified atom stereocenters. The molecule has 0 saturated heterocycles. The molecule has 0 saturated carbocycles. The van der Waals surface area contributed by atoms with Crippen molar-refractivity contribution in [1.82, 2.24) is 0 Å². The molecule has 0 aromatic heterocycles. The van der Waals surface area contributed by atoms with Crippen LogP contribution in [0.3, 0.4) is 0 Å². The van der Waals surface area contributed by atoms with Gasteiger partial charge in [-0.1, -0.05) is 162 Å². The predicted molar refractivity (Wildman–Crippen MR) is 256 cm³/mol. The van der Waals surface area contributed by atoms with Crippen LogP contribution in [0.5, 0.6) is 0 Å². The van der Waals surface area contributed by atoms with E-state index in [1.54, 1.807) is 0 Å². The van der Waals surface area contributed by atoms with Gasteiger partial charge >= 0.3 is 0 Å². The number of benzene rings is 8. The van der Waals surface area contributed by atoms with E-state index in [-0.39, 0.29) is 21.7 Å². The minimum absolute atomic E-state index is 0.198. The van der Waals surface area contributed by atoms with Crippen LogP contribution in [0.1, 0.15) is 98.5 Å². The molecule has 4 heteroatoms. The smallest absolute Gasteiger partial charge is 0.0490 e. The second kappa shape index (κ2) is 11.9. The molecule has 0 aliphatic heterocycles. The van der Waals surface area contributed by atoms with E-state index in [1.165, 1.54) is 94.2 Å².